The standard InChI is InChI=1S/C30H36N2O6/c1-17-15-19(11-13-25(17)31-27(33)21-7-3-5-9-23(21)29(35)36)20-12-14-26(18(2)16-20)32-28(34)22-8-4-6-10-24(22)30(37)38/h11-16,21-24H,3-10H2,1-2H3,(H,31,33)(H,32,34)(H,35,36)(H,37,38)/t21?,22?,23-,24-/m0/s1. The zero-order valence-electron chi connectivity index (χ0n) is 22.0. The molecule has 2 aromatic carbocycles. The average Bonchev–Trinajstić information content (AvgIpc) is 2.90. The van der Waals surface area contributed by atoms with Crippen molar-refractivity contribution in [2.24, 2.45) is 23.7 Å². The Hall–Kier alpha value is -3.68. The normalized spacial score (nSPS) is 23.3. The van der Waals surface area contributed by atoms with Crippen LogP contribution in [-0.4, -0.2) is 34.0 Å². The van der Waals surface area contributed by atoms with Crippen LogP contribution in [0.15, 0.2) is 36.4 Å². The molecule has 0 spiro atoms. The van der Waals surface area contributed by atoms with Crippen molar-refractivity contribution in [1.82, 2.24) is 0 Å². The molecule has 8 nitrogen and oxygen atoms in total. The van der Waals surface area contributed by atoms with Crippen LogP contribution in [0, 0.1) is 37.5 Å². The van der Waals surface area contributed by atoms with E-state index in [0.717, 1.165) is 47.9 Å². The number of nitrogens with one attached hydrogen (secondary N) is 2. The number of carboxylic acids is 2. The van der Waals surface area contributed by atoms with Crippen LogP contribution in [-0.2, 0) is 19.2 Å². The first kappa shape index (κ1) is 27.4. The van der Waals surface area contributed by atoms with Crippen molar-refractivity contribution < 1.29 is 29.4 Å². The largest absolute Gasteiger partial charge is 0.481 e. The first-order valence-corrected chi connectivity index (χ1v) is 13.4. The Kier molecular flexibility index (Phi) is 8.49. The molecule has 4 rings (SSSR count). The van der Waals surface area contributed by atoms with E-state index in [1.807, 2.05) is 50.2 Å². The molecule has 2 aliphatic rings. The molecule has 2 amide bonds. The lowest BCUT2D eigenvalue weighted by molar-refractivity contribution is -0.148. The number of aryl methyl sites for hydroxylation is 2. The Balaban J connectivity index is 1.45. The maximum atomic E-state index is 12.9. The fourth-order valence-electron chi connectivity index (χ4n) is 5.90. The van der Waals surface area contributed by atoms with E-state index in [4.69, 9.17) is 0 Å². The quantitative estimate of drug-likeness (QED) is 0.374. The third-order valence-corrected chi connectivity index (χ3v) is 8.14. The van der Waals surface area contributed by atoms with Crippen LogP contribution in [0.4, 0.5) is 11.4 Å². The number of amides is 2. The van der Waals surface area contributed by atoms with Gasteiger partial charge in [0.2, 0.25) is 11.8 Å². The number of carboxylic acid groups (broad SMARTS) is 2. The first-order chi connectivity index (χ1) is 18.2. The van der Waals surface area contributed by atoms with Gasteiger partial charge in [-0.15, -0.1) is 0 Å². The molecular formula is C30H36N2O6. The second-order valence-corrected chi connectivity index (χ2v) is 10.7. The summed E-state index contributed by atoms with van der Waals surface area (Å²) >= 11 is 0. The Morgan fingerprint density at radius 2 is 0.947 bits per heavy atom. The fraction of sp³-hybridized carbons (Fsp3) is 0.467. The van der Waals surface area contributed by atoms with Crippen molar-refractivity contribution in [3.05, 3.63) is 47.5 Å². The molecule has 202 valence electrons. The molecule has 2 saturated carbocycles. The summed E-state index contributed by atoms with van der Waals surface area (Å²) in [4.78, 5) is 49.0. The van der Waals surface area contributed by atoms with Crippen LogP contribution in [0.3, 0.4) is 0 Å². The molecule has 2 fully saturated rings. The molecule has 0 radical (unpaired) electrons. The lowest BCUT2D eigenvalue weighted by atomic mass is 9.78. The van der Waals surface area contributed by atoms with Crippen LogP contribution >= 0.6 is 0 Å². The van der Waals surface area contributed by atoms with E-state index in [2.05, 4.69) is 10.6 Å². The SMILES string of the molecule is Cc1cc(-c2ccc(NC(=O)C3CCCC[C@@H]3C(=O)O)c(C)c2)ccc1NC(=O)C1CCCC[C@@H]1C(=O)O. The smallest absolute Gasteiger partial charge is 0.307 e. The van der Waals surface area contributed by atoms with Crippen LogP contribution in [0.5, 0.6) is 0 Å². The number of anilines is 2. The number of benzene rings is 2. The third-order valence-electron chi connectivity index (χ3n) is 8.14. The minimum atomic E-state index is -0.910. The maximum absolute atomic E-state index is 12.9. The number of rotatable bonds is 7. The minimum Gasteiger partial charge on any atom is -0.481 e. The molecular weight excluding hydrogens is 484 g/mol. The monoisotopic (exact) mass is 520 g/mol. The van der Waals surface area contributed by atoms with Crippen molar-refractivity contribution >= 4 is 35.1 Å². The highest BCUT2D eigenvalue weighted by Gasteiger charge is 2.37. The molecule has 2 unspecified atom stereocenters. The summed E-state index contributed by atoms with van der Waals surface area (Å²) in [5.74, 6) is -4.63. The van der Waals surface area contributed by atoms with E-state index in [1.165, 1.54) is 0 Å². The molecule has 0 aromatic heterocycles. The van der Waals surface area contributed by atoms with Gasteiger partial charge < -0.3 is 20.8 Å². The molecule has 8 heteroatoms. The summed E-state index contributed by atoms with van der Waals surface area (Å²) in [5.41, 5.74) is 4.95. The van der Waals surface area contributed by atoms with Crippen molar-refractivity contribution in [2.45, 2.75) is 65.2 Å². The van der Waals surface area contributed by atoms with Gasteiger partial charge in [-0.1, -0.05) is 37.8 Å². The van der Waals surface area contributed by atoms with E-state index < -0.39 is 35.6 Å². The maximum Gasteiger partial charge on any atom is 0.307 e. The molecule has 4 atom stereocenters. The third kappa shape index (κ3) is 6.06. The van der Waals surface area contributed by atoms with Gasteiger partial charge in [-0.05, 0) is 86.1 Å². The van der Waals surface area contributed by atoms with Gasteiger partial charge in [-0.3, -0.25) is 19.2 Å². The minimum absolute atomic E-state index is 0.244. The van der Waals surface area contributed by atoms with Gasteiger partial charge in [0.15, 0.2) is 0 Å². The zero-order valence-corrected chi connectivity index (χ0v) is 22.0. The van der Waals surface area contributed by atoms with Crippen molar-refractivity contribution in [3.8, 4) is 11.1 Å². The lowest BCUT2D eigenvalue weighted by Crippen LogP contribution is -2.36. The van der Waals surface area contributed by atoms with Gasteiger partial charge in [-0.2, -0.15) is 0 Å². The molecule has 0 bridgehead atoms. The van der Waals surface area contributed by atoms with Crippen LogP contribution < -0.4 is 10.6 Å². The van der Waals surface area contributed by atoms with E-state index in [1.54, 1.807) is 0 Å². The van der Waals surface area contributed by atoms with E-state index in [0.29, 0.717) is 37.1 Å². The highest BCUT2D eigenvalue weighted by Crippen LogP contribution is 2.34. The van der Waals surface area contributed by atoms with Gasteiger partial charge in [0.25, 0.3) is 0 Å². The summed E-state index contributed by atoms with van der Waals surface area (Å²) in [6.07, 6.45) is 5.61. The average molecular weight is 521 g/mol. The predicted octanol–water partition coefficient (Wildman–Crippen LogP) is 5.63. The predicted molar refractivity (Wildman–Crippen MR) is 145 cm³/mol. The lowest BCUT2D eigenvalue weighted by Gasteiger charge is -2.27. The first-order valence-electron chi connectivity index (χ1n) is 13.4. The topological polar surface area (TPSA) is 133 Å². The molecule has 0 aliphatic heterocycles. The molecule has 2 aromatic rings. The van der Waals surface area contributed by atoms with Crippen LogP contribution in [0.1, 0.15) is 62.5 Å². The molecule has 4 N–H and O–H groups in total. The van der Waals surface area contributed by atoms with Crippen LogP contribution in [0.25, 0.3) is 11.1 Å². The number of aliphatic carboxylic acids is 2. The van der Waals surface area contributed by atoms with Gasteiger partial charge in [-0.25, -0.2) is 0 Å². The van der Waals surface area contributed by atoms with E-state index >= 15 is 0 Å². The summed E-state index contributed by atoms with van der Waals surface area (Å²) in [6, 6.07) is 11.4. The molecule has 0 heterocycles. The fourth-order valence-corrected chi connectivity index (χ4v) is 5.90. The summed E-state index contributed by atoms with van der Waals surface area (Å²) in [5, 5.41) is 24.9. The molecule has 2 aliphatic carbocycles. The van der Waals surface area contributed by atoms with Crippen LogP contribution in [0.2, 0.25) is 0 Å². The Bertz CT molecular complexity index is 1140. The van der Waals surface area contributed by atoms with Gasteiger partial charge in [0.05, 0.1) is 23.7 Å². The second-order valence-electron chi connectivity index (χ2n) is 10.7. The number of carbonyl (C=O) groups excluding carboxylic acids is 2. The summed E-state index contributed by atoms with van der Waals surface area (Å²) < 4.78 is 0. The molecule has 38 heavy (non-hydrogen) atoms. The highest BCUT2D eigenvalue weighted by molar-refractivity contribution is 5.97. The second kappa shape index (κ2) is 11.8. The number of carbonyl (C=O) groups is 4. The Morgan fingerprint density at radius 1 is 0.605 bits per heavy atom. The summed E-state index contributed by atoms with van der Waals surface area (Å²) in [7, 11) is 0. The number of hydrogen-bond acceptors (Lipinski definition) is 4. The zero-order chi connectivity index (χ0) is 27.4. The van der Waals surface area contributed by atoms with Gasteiger partial charge in [0.1, 0.15) is 0 Å². The Labute approximate surface area is 222 Å². The number of hydrogen-bond donors (Lipinski definition) is 4. The van der Waals surface area contributed by atoms with Gasteiger partial charge in [0, 0.05) is 11.4 Å². The van der Waals surface area contributed by atoms with E-state index in [-0.39, 0.29) is 11.8 Å². The van der Waals surface area contributed by atoms with E-state index in [9.17, 15) is 29.4 Å². The highest BCUT2D eigenvalue weighted by atomic mass is 16.4. The van der Waals surface area contributed by atoms with Crippen molar-refractivity contribution in [3.63, 3.8) is 0 Å². The summed E-state index contributed by atoms with van der Waals surface area (Å²) in [6.45, 7) is 3.80. The molecule has 0 saturated heterocycles. The van der Waals surface area contributed by atoms with Gasteiger partial charge >= 0.3 is 11.9 Å². The van der Waals surface area contributed by atoms with Crippen molar-refractivity contribution in [2.75, 3.05) is 10.6 Å². The van der Waals surface area contributed by atoms with Crippen molar-refractivity contribution in [1.29, 1.82) is 0 Å². The Morgan fingerprint density at radius 3 is 1.26 bits per heavy atom.